The van der Waals surface area contributed by atoms with E-state index in [1.165, 1.54) is 44.5 Å². The van der Waals surface area contributed by atoms with Gasteiger partial charge >= 0.3 is 0 Å². The number of likely N-dealkylation sites (tertiary alicyclic amines) is 1. The van der Waals surface area contributed by atoms with Gasteiger partial charge in [-0.3, -0.25) is 4.90 Å². The molecule has 3 atom stereocenters. The van der Waals surface area contributed by atoms with Gasteiger partial charge in [0.1, 0.15) is 0 Å². The van der Waals surface area contributed by atoms with Crippen LogP contribution in [0.5, 0.6) is 0 Å². The van der Waals surface area contributed by atoms with E-state index in [9.17, 15) is 0 Å². The van der Waals surface area contributed by atoms with Crippen LogP contribution in [0, 0.1) is 5.92 Å². The van der Waals surface area contributed by atoms with Crippen LogP contribution in [-0.4, -0.2) is 30.6 Å². The van der Waals surface area contributed by atoms with Crippen molar-refractivity contribution >= 4 is 12.4 Å². The molecule has 2 nitrogen and oxygen atoms in total. The quantitative estimate of drug-likeness (QED) is 0.914. The summed E-state index contributed by atoms with van der Waals surface area (Å²) in [4.78, 5) is 2.71. The summed E-state index contributed by atoms with van der Waals surface area (Å²) in [7, 11) is 0. The van der Waals surface area contributed by atoms with Gasteiger partial charge in [-0.1, -0.05) is 37.3 Å². The van der Waals surface area contributed by atoms with E-state index in [-0.39, 0.29) is 12.4 Å². The van der Waals surface area contributed by atoms with Crippen LogP contribution in [0.4, 0.5) is 0 Å². The highest BCUT2D eigenvalue weighted by atomic mass is 35.5. The van der Waals surface area contributed by atoms with E-state index in [1.54, 1.807) is 0 Å². The van der Waals surface area contributed by atoms with Gasteiger partial charge in [0.2, 0.25) is 0 Å². The standard InChI is InChI=1S/C16H24N2.ClH/c1-2-16(13-6-4-3-5-7-13)18-11-9-15-14(12-18)8-10-17-15;/h3-7,14-17H,2,8-12H2,1H3;1H. The van der Waals surface area contributed by atoms with Crippen LogP contribution in [0.1, 0.15) is 37.8 Å². The van der Waals surface area contributed by atoms with Crippen LogP contribution in [0.3, 0.4) is 0 Å². The summed E-state index contributed by atoms with van der Waals surface area (Å²) in [6, 6.07) is 12.4. The molecule has 0 aliphatic carbocycles. The Morgan fingerprint density at radius 2 is 2.05 bits per heavy atom. The number of benzene rings is 1. The molecular weight excluding hydrogens is 256 g/mol. The fourth-order valence-corrected chi connectivity index (χ4v) is 3.74. The second-order valence-corrected chi connectivity index (χ2v) is 5.73. The van der Waals surface area contributed by atoms with Crippen LogP contribution in [0.15, 0.2) is 30.3 Å². The SMILES string of the molecule is CCC(c1ccccc1)N1CCC2NCCC2C1.Cl. The zero-order valence-electron chi connectivity index (χ0n) is 11.7. The van der Waals surface area contributed by atoms with Gasteiger partial charge in [0.15, 0.2) is 0 Å². The van der Waals surface area contributed by atoms with Gasteiger partial charge in [-0.25, -0.2) is 0 Å². The normalized spacial score (nSPS) is 28.5. The molecule has 3 rings (SSSR count). The van der Waals surface area contributed by atoms with Crippen molar-refractivity contribution in [3.8, 4) is 0 Å². The molecule has 2 fully saturated rings. The average Bonchev–Trinajstić information content (AvgIpc) is 2.88. The predicted octanol–water partition coefficient (Wildman–Crippen LogP) is 3.24. The third kappa shape index (κ3) is 3.13. The molecule has 0 radical (unpaired) electrons. The van der Waals surface area contributed by atoms with Crippen molar-refractivity contribution in [1.29, 1.82) is 0 Å². The molecule has 106 valence electrons. The summed E-state index contributed by atoms with van der Waals surface area (Å²) in [6.07, 6.45) is 3.91. The molecule has 2 aliphatic rings. The van der Waals surface area contributed by atoms with Crippen molar-refractivity contribution in [3.63, 3.8) is 0 Å². The lowest BCUT2D eigenvalue weighted by molar-refractivity contribution is 0.111. The summed E-state index contributed by atoms with van der Waals surface area (Å²) in [5, 5.41) is 3.65. The number of rotatable bonds is 3. The maximum Gasteiger partial charge on any atom is 0.0345 e. The van der Waals surface area contributed by atoms with Gasteiger partial charge in [0, 0.05) is 25.2 Å². The number of piperidine rings is 1. The number of nitrogens with one attached hydrogen (secondary N) is 1. The Labute approximate surface area is 123 Å². The van der Waals surface area contributed by atoms with Gasteiger partial charge < -0.3 is 5.32 Å². The molecule has 1 aromatic carbocycles. The molecule has 0 amide bonds. The maximum atomic E-state index is 3.65. The molecular formula is C16H25ClN2. The lowest BCUT2D eigenvalue weighted by Gasteiger charge is -2.39. The van der Waals surface area contributed by atoms with Crippen molar-refractivity contribution in [2.24, 2.45) is 5.92 Å². The van der Waals surface area contributed by atoms with Crippen molar-refractivity contribution in [3.05, 3.63) is 35.9 Å². The minimum atomic E-state index is 0. The Morgan fingerprint density at radius 3 is 2.79 bits per heavy atom. The summed E-state index contributed by atoms with van der Waals surface area (Å²) in [6.45, 7) is 6.08. The lowest BCUT2D eigenvalue weighted by atomic mass is 9.90. The number of fused-ring (bicyclic) bond motifs is 1. The van der Waals surface area contributed by atoms with Crippen LogP contribution < -0.4 is 5.32 Å². The summed E-state index contributed by atoms with van der Waals surface area (Å²) in [5.74, 6) is 0.886. The van der Waals surface area contributed by atoms with E-state index in [0.717, 1.165) is 12.0 Å². The fraction of sp³-hybridized carbons (Fsp3) is 0.625. The van der Waals surface area contributed by atoms with Crippen molar-refractivity contribution in [2.75, 3.05) is 19.6 Å². The fourth-order valence-electron chi connectivity index (χ4n) is 3.74. The number of nitrogens with zero attached hydrogens (tertiary/aromatic N) is 1. The maximum absolute atomic E-state index is 3.65. The first-order chi connectivity index (χ1) is 8.88. The van der Waals surface area contributed by atoms with Gasteiger partial charge in [-0.05, 0) is 37.3 Å². The summed E-state index contributed by atoms with van der Waals surface area (Å²) in [5.41, 5.74) is 1.49. The summed E-state index contributed by atoms with van der Waals surface area (Å²) < 4.78 is 0. The van der Waals surface area contributed by atoms with Gasteiger partial charge in [0.05, 0.1) is 0 Å². The smallest absolute Gasteiger partial charge is 0.0345 e. The zero-order valence-corrected chi connectivity index (χ0v) is 12.5. The highest BCUT2D eigenvalue weighted by Gasteiger charge is 2.34. The Kier molecular flexibility index (Phi) is 5.26. The first kappa shape index (κ1) is 14.8. The second-order valence-electron chi connectivity index (χ2n) is 5.73. The largest absolute Gasteiger partial charge is 0.314 e. The molecule has 19 heavy (non-hydrogen) atoms. The van der Waals surface area contributed by atoms with Crippen LogP contribution in [0.2, 0.25) is 0 Å². The van der Waals surface area contributed by atoms with E-state index in [4.69, 9.17) is 0 Å². The molecule has 0 spiro atoms. The molecule has 2 heterocycles. The Hall–Kier alpha value is -0.570. The highest BCUT2D eigenvalue weighted by Crippen LogP contribution is 2.32. The van der Waals surface area contributed by atoms with Crippen LogP contribution >= 0.6 is 12.4 Å². The first-order valence-corrected chi connectivity index (χ1v) is 7.41. The minimum absolute atomic E-state index is 0. The minimum Gasteiger partial charge on any atom is -0.314 e. The van der Waals surface area contributed by atoms with Gasteiger partial charge in [-0.2, -0.15) is 0 Å². The van der Waals surface area contributed by atoms with Gasteiger partial charge in [0.25, 0.3) is 0 Å². The molecule has 0 aromatic heterocycles. The van der Waals surface area contributed by atoms with E-state index in [2.05, 4.69) is 47.5 Å². The molecule has 3 unspecified atom stereocenters. The van der Waals surface area contributed by atoms with Gasteiger partial charge in [-0.15, -0.1) is 12.4 Å². The first-order valence-electron chi connectivity index (χ1n) is 7.41. The molecule has 3 heteroatoms. The third-order valence-corrected chi connectivity index (χ3v) is 4.70. The van der Waals surface area contributed by atoms with E-state index < -0.39 is 0 Å². The lowest BCUT2D eigenvalue weighted by Crippen LogP contribution is -2.45. The average molecular weight is 281 g/mol. The number of hydrogen-bond donors (Lipinski definition) is 1. The van der Waals surface area contributed by atoms with E-state index >= 15 is 0 Å². The Balaban J connectivity index is 0.00000133. The van der Waals surface area contributed by atoms with E-state index in [0.29, 0.717) is 6.04 Å². The van der Waals surface area contributed by atoms with Crippen molar-refractivity contribution in [1.82, 2.24) is 10.2 Å². The third-order valence-electron chi connectivity index (χ3n) is 4.70. The predicted molar refractivity (Wildman–Crippen MR) is 82.8 cm³/mol. The number of hydrogen-bond acceptors (Lipinski definition) is 2. The Bertz CT molecular complexity index is 382. The molecule has 2 aliphatic heterocycles. The highest BCUT2D eigenvalue weighted by molar-refractivity contribution is 5.85. The zero-order chi connectivity index (χ0) is 12.4. The molecule has 2 saturated heterocycles. The molecule has 0 saturated carbocycles. The topological polar surface area (TPSA) is 15.3 Å². The molecule has 1 N–H and O–H groups in total. The Morgan fingerprint density at radius 1 is 1.26 bits per heavy atom. The monoisotopic (exact) mass is 280 g/mol. The molecule has 0 bridgehead atoms. The second kappa shape index (κ2) is 6.74. The van der Waals surface area contributed by atoms with Crippen molar-refractivity contribution in [2.45, 2.75) is 38.3 Å². The summed E-state index contributed by atoms with van der Waals surface area (Å²) >= 11 is 0. The number of halogens is 1. The molecule has 1 aromatic rings. The van der Waals surface area contributed by atoms with Crippen molar-refractivity contribution < 1.29 is 0 Å². The van der Waals surface area contributed by atoms with Crippen LogP contribution in [-0.2, 0) is 0 Å². The van der Waals surface area contributed by atoms with E-state index in [1.807, 2.05) is 0 Å². The van der Waals surface area contributed by atoms with Crippen LogP contribution in [0.25, 0.3) is 0 Å².